The summed E-state index contributed by atoms with van der Waals surface area (Å²) in [5.41, 5.74) is 1.53. The number of aliphatic carboxylic acids is 1. The number of rotatable bonds is 6. The number of aliphatic hydroxyl groups excluding tert-OH is 3. The molecule has 1 aliphatic rings. The highest BCUT2D eigenvalue weighted by Crippen LogP contribution is 2.26. The minimum absolute atomic E-state index is 0.0794. The number of carbonyl (C=O) groups is 1. The van der Waals surface area contributed by atoms with E-state index in [4.69, 9.17) is 19.3 Å². The number of hydrogen-bond acceptors (Lipinski definition) is 8. The van der Waals surface area contributed by atoms with Crippen LogP contribution in [0.4, 0.5) is 0 Å². The van der Waals surface area contributed by atoms with E-state index in [0.717, 1.165) is 11.1 Å². The average Bonchev–Trinajstić information content (AvgIpc) is 2.73. The van der Waals surface area contributed by atoms with Crippen LogP contribution in [0.5, 0.6) is 17.2 Å². The van der Waals surface area contributed by atoms with Crippen molar-refractivity contribution >= 4 is 18.1 Å². The van der Waals surface area contributed by atoms with E-state index in [1.807, 2.05) is 0 Å². The normalized spacial score (nSPS) is 26.5. The predicted octanol–water partition coefficient (Wildman–Crippen LogP) is 0.842. The summed E-state index contributed by atoms with van der Waals surface area (Å²) in [7, 11) is 1.51. The molecule has 0 unspecified atom stereocenters. The van der Waals surface area contributed by atoms with Gasteiger partial charge in [-0.1, -0.05) is 24.3 Å². The molecule has 9 heteroatoms. The van der Waals surface area contributed by atoms with Gasteiger partial charge in [-0.15, -0.1) is 0 Å². The smallest absolute Gasteiger partial charge is 0.335 e. The Labute approximate surface area is 172 Å². The van der Waals surface area contributed by atoms with Crippen LogP contribution in [0.1, 0.15) is 11.1 Å². The van der Waals surface area contributed by atoms with Crippen molar-refractivity contribution in [1.29, 1.82) is 0 Å². The Balaban J connectivity index is 1.68. The van der Waals surface area contributed by atoms with Gasteiger partial charge in [-0.2, -0.15) is 0 Å². The minimum Gasteiger partial charge on any atom is -0.508 e. The second-order valence-electron chi connectivity index (χ2n) is 6.72. The third-order valence-electron chi connectivity index (χ3n) is 4.56. The molecule has 1 saturated heterocycles. The van der Waals surface area contributed by atoms with Crippen LogP contribution in [0, 0.1) is 0 Å². The van der Waals surface area contributed by atoms with Gasteiger partial charge < -0.3 is 39.7 Å². The molecule has 160 valence electrons. The molecule has 30 heavy (non-hydrogen) atoms. The largest absolute Gasteiger partial charge is 0.508 e. The van der Waals surface area contributed by atoms with Gasteiger partial charge >= 0.3 is 5.97 Å². The van der Waals surface area contributed by atoms with Gasteiger partial charge in [-0.3, -0.25) is 0 Å². The highest BCUT2D eigenvalue weighted by Gasteiger charge is 2.48. The Morgan fingerprint density at radius 1 is 0.933 bits per heavy atom. The molecule has 0 amide bonds. The first-order valence-electron chi connectivity index (χ1n) is 9.04. The first kappa shape index (κ1) is 21.6. The maximum atomic E-state index is 11.1. The van der Waals surface area contributed by atoms with E-state index in [0.29, 0.717) is 5.75 Å². The molecule has 5 atom stereocenters. The Morgan fingerprint density at radius 3 is 2.23 bits per heavy atom. The lowest BCUT2D eigenvalue weighted by Crippen LogP contribution is -2.61. The summed E-state index contributed by atoms with van der Waals surface area (Å²) in [5, 5.41) is 48.3. The standard InChI is InChI=1S/C21H22O9/c1-28-15-9-12(8-13(22)10-15)3-2-11-4-6-14(7-5-11)29-21-18(25)16(23)17(24)19(30-21)20(26)27/h2-10,16-19,21-25H,1H3,(H,26,27)/b3-2+/t16-,17-,18+,19-,21+/m1/s1. The Bertz CT molecular complexity index is 909. The maximum Gasteiger partial charge on any atom is 0.335 e. The summed E-state index contributed by atoms with van der Waals surface area (Å²) in [4.78, 5) is 11.1. The molecule has 0 bridgehead atoms. The van der Waals surface area contributed by atoms with Gasteiger partial charge in [-0.05, 0) is 35.4 Å². The van der Waals surface area contributed by atoms with Crippen LogP contribution in [-0.4, -0.2) is 69.3 Å². The first-order chi connectivity index (χ1) is 14.3. The highest BCUT2D eigenvalue weighted by atomic mass is 16.7. The second-order valence-corrected chi connectivity index (χ2v) is 6.72. The van der Waals surface area contributed by atoms with Gasteiger partial charge in [0.25, 0.3) is 0 Å². The van der Waals surface area contributed by atoms with Crippen molar-refractivity contribution in [3.05, 3.63) is 53.6 Å². The molecule has 2 aromatic rings. The predicted molar refractivity (Wildman–Crippen MR) is 105 cm³/mol. The summed E-state index contributed by atoms with van der Waals surface area (Å²) >= 11 is 0. The average molecular weight is 418 g/mol. The zero-order valence-electron chi connectivity index (χ0n) is 16.0. The van der Waals surface area contributed by atoms with Crippen molar-refractivity contribution in [2.75, 3.05) is 7.11 Å². The molecule has 1 heterocycles. The van der Waals surface area contributed by atoms with E-state index in [9.17, 15) is 25.2 Å². The van der Waals surface area contributed by atoms with Crippen molar-refractivity contribution in [2.24, 2.45) is 0 Å². The van der Waals surface area contributed by atoms with Crippen LogP contribution >= 0.6 is 0 Å². The molecule has 3 rings (SSSR count). The molecular weight excluding hydrogens is 396 g/mol. The SMILES string of the molecule is COc1cc(O)cc(/C=C/c2ccc(O[C@H]3O[C@@H](C(=O)O)[C@H](O)[C@@H](O)[C@@H]3O)cc2)c1. The zero-order valence-corrected chi connectivity index (χ0v) is 16.0. The van der Waals surface area contributed by atoms with Crippen molar-refractivity contribution in [1.82, 2.24) is 0 Å². The minimum atomic E-state index is -1.78. The second kappa shape index (κ2) is 9.14. The van der Waals surface area contributed by atoms with Crippen molar-refractivity contribution in [3.63, 3.8) is 0 Å². The fourth-order valence-corrected chi connectivity index (χ4v) is 2.95. The zero-order chi connectivity index (χ0) is 21.8. The lowest BCUT2D eigenvalue weighted by atomic mass is 9.99. The monoisotopic (exact) mass is 418 g/mol. The summed E-state index contributed by atoms with van der Waals surface area (Å²) in [5.74, 6) is -0.610. The first-order valence-corrected chi connectivity index (χ1v) is 9.04. The van der Waals surface area contributed by atoms with Crippen LogP contribution < -0.4 is 9.47 Å². The molecule has 1 aliphatic heterocycles. The number of aromatic hydroxyl groups is 1. The van der Waals surface area contributed by atoms with E-state index in [-0.39, 0.29) is 11.5 Å². The Morgan fingerprint density at radius 2 is 1.60 bits per heavy atom. The third-order valence-corrected chi connectivity index (χ3v) is 4.56. The third kappa shape index (κ3) is 4.89. The topological polar surface area (TPSA) is 146 Å². The number of aliphatic hydroxyl groups is 3. The number of phenols is 1. The number of phenolic OH excluding ortho intramolecular Hbond substituents is 1. The van der Waals surface area contributed by atoms with E-state index < -0.39 is 36.7 Å². The summed E-state index contributed by atoms with van der Waals surface area (Å²) in [6.45, 7) is 0. The van der Waals surface area contributed by atoms with Crippen LogP contribution in [-0.2, 0) is 9.53 Å². The van der Waals surface area contributed by atoms with Crippen LogP contribution in [0.3, 0.4) is 0 Å². The molecule has 1 fully saturated rings. The van der Waals surface area contributed by atoms with Gasteiger partial charge in [0.05, 0.1) is 7.11 Å². The summed E-state index contributed by atoms with van der Waals surface area (Å²) in [6, 6.07) is 11.4. The van der Waals surface area contributed by atoms with Crippen molar-refractivity contribution in [3.8, 4) is 17.2 Å². The van der Waals surface area contributed by atoms with Crippen LogP contribution in [0.2, 0.25) is 0 Å². The van der Waals surface area contributed by atoms with E-state index >= 15 is 0 Å². The maximum absolute atomic E-state index is 11.1. The van der Waals surface area contributed by atoms with Gasteiger partial charge in [0.2, 0.25) is 6.29 Å². The number of methoxy groups -OCH3 is 1. The Hall–Kier alpha value is -3.11. The van der Waals surface area contributed by atoms with E-state index in [1.54, 1.807) is 48.6 Å². The molecule has 0 aromatic heterocycles. The Kier molecular flexibility index (Phi) is 6.58. The summed E-state index contributed by atoms with van der Waals surface area (Å²) in [6.07, 6.45) is -4.75. The molecule has 5 N–H and O–H groups in total. The fourth-order valence-electron chi connectivity index (χ4n) is 2.95. The van der Waals surface area contributed by atoms with Gasteiger partial charge in [0.1, 0.15) is 35.6 Å². The van der Waals surface area contributed by atoms with E-state index in [1.165, 1.54) is 13.2 Å². The molecule has 0 saturated carbocycles. The molecule has 0 radical (unpaired) electrons. The van der Waals surface area contributed by atoms with Crippen molar-refractivity contribution in [2.45, 2.75) is 30.7 Å². The van der Waals surface area contributed by atoms with Crippen molar-refractivity contribution < 1.29 is 44.5 Å². The summed E-state index contributed by atoms with van der Waals surface area (Å²) < 4.78 is 15.6. The fraction of sp³-hybridized carbons (Fsp3) is 0.286. The number of benzene rings is 2. The number of carboxylic acid groups (broad SMARTS) is 1. The molecule has 0 spiro atoms. The van der Waals surface area contributed by atoms with Crippen LogP contribution in [0.25, 0.3) is 12.2 Å². The van der Waals surface area contributed by atoms with E-state index in [2.05, 4.69) is 0 Å². The number of ether oxygens (including phenoxy) is 3. The quantitative estimate of drug-likeness (QED) is 0.431. The van der Waals surface area contributed by atoms with Gasteiger partial charge in [-0.25, -0.2) is 4.79 Å². The lowest BCUT2D eigenvalue weighted by Gasteiger charge is -2.38. The van der Waals surface area contributed by atoms with Crippen LogP contribution in [0.15, 0.2) is 42.5 Å². The molecule has 0 aliphatic carbocycles. The molecule has 9 nitrogen and oxygen atoms in total. The van der Waals surface area contributed by atoms with Gasteiger partial charge in [0.15, 0.2) is 6.10 Å². The molecular formula is C21H22O9. The molecule has 2 aromatic carbocycles. The lowest BCUT2D eigenvalue weighted by molar-refractivity contribution is -0.271. The highest BCUT2D eigenvalue weighted by molar-refractivity contribution is 5.73. The number of carboxylic acids is 1. The van der Waals surface area contributed by atoms with Gasteiger partial charge in [0, 0.05) is 6.07 Å². The number of hydrogen-bond donors (Lipinski definition) is 5.